The van der Waals surface area contributed by atoms with Crippen molar-refractivity contribution in [2.45, 2.75) is 13.5 Å². The van der Waals surface area contributed by atoms with Gasteiger partial charge in [-0.25, -0.2) is 0 Å². The van der Waals surface area contributed by atoms with Gasteiger partial charge in [-0.2, -0.15) is 0 Å². The van der Waals surface area contributed by atoms with E-state index < -0.39 is 5.91 Å². The third-order valence-electron chi connectivity index (χ3n) is 2.01. The molecule has 14 heavy (non-hydrogen) atoms. The molecular weight excluding hydrogens is 182 g/mol. The van der Waals surface area contributed by atoms with Crippen molar-refractivity contribution in [2.75, 3.05) is 5.73 Å². The molecule has 0 bridgehead atoms. The first-order chi connectivity index (χ1) is 6.52. The van der Waals surface area contributed by atoms with Crippen molar-refractivity contribution in [3.8, 4) is 0 Å². The van der Waals surface area contributed by atoms with Gasteiger partial charge in [0.05, 0.1) is 11.6 Å². The normalized spacial score (nSPS) is 12.4. The molecule has 0 aliphatic carbocycles. The molecule has 0 aliphatic heterocycles. The number of hydrogen-bond acceptors (Lipinski definition) is 3. The lowest BCUT2D eigenvalue weighted by atomic mass is 10.1. The van der Waals surface area contributed by atoms with Crippen LogP contribution in [0.3, 0.4) is 0 Å². The van der Waals surface area contributed by atoms with Gasteiger partial charge in [0.1, 0.15) is 0 Å². The molecule has 76 valence electrons. The van der Waals surface area contributed by atoms with Crippen molar-refractivity contribution in [1.29, 1.82) is 0 Å². The molecule has 1 heterocycles. The van der Waals surface area contributed by atoms with E-state index >= 15 is 0 Å². The molecule has 0 aromatic carbocycles. The summed E-state index contributed by atoms with van der Waals surface area (Å²) in [5.74, 6) is -0.811. The number of aromatic nitrogens is 1. The van der Waals surface area contributed by atoms with Crippen molar-refractivity contribution in [3.05, 3.63) is 28.7 Å². The maximum atomic E-state index is 11.4. The minimum Gasteiger partial charge on any atom is -0.394 e. The standard InChI is InChI=1S/C9H13N3O2/c1-6(8(11)13)5-12-4-2-3-7(10)9(12)14/h2-4,6H,5,10H2,1H3,(H2,11,13). The van der Waals surface area contributed by atoms with Crippen LogP contribution in [0.15, 0.2) is 23.1 Å². The molecule has 0 aliphatic rings. The molecule has 1 unspecified atom stereocenters. The van der Waals surface area contributed by atoms with Crippen molar-refractivity contribution in [3.63, 3.8) is 0 Å². The Labute approximate surface area is 81.3 Å². The van der Waals surface area contributed by atoms with Gasteiger partial charge < -0.3 is 16.0 Å². The van der Waals surface area contributed by atoms with Gasteiger partial charge in [-0.15, -0.1) is 0 Å². The van der Waals surface area contributed by atoms with Crippen LogP contribution in [0.5, 0.6) is 0 Å². The van der Waals surface area contributed by atoms with E-state index in [4.69, 9.17) is 11.5 Å². The zero-order chi connectivity index (χ0) is 10.7. The van der Waals surface area contributed by atoms with Gasteiger partial charge in [-0.05, 0) is 12.1 Å². The van der Waals surface area contributed by atoms with E-state index in [2.05, 4.69) is 0 Å². The Balaban J connectivity index is 2.93. The van der Waals surface area contributed by atoms with Gasteiger partial charge in [0.2, 0.25) is 5.91 Å². The molecule has 0 saturated carbocycles. The number of nitrogen functional groups attached to an aromatic ring is 1. The van der Waals surface area contributed by atoms with Gasteiger partial charge >= 0.3 is 0 Å². The summed E-state index contributed by atoms with van der Waals surface area (Å²) in [5.41, 5.74) is 10.4. The second-order valence-corrected chi connectivity index (χ2v) is 3.22. The Morgan fingerprint density at radius 2 is 2.29 bits per heavy atom. The summed E-state index contributed by atoms with van der Waals surface area (Å²) in [4.78, 5) is 22.2. The Hall–Kier alpha value is -1.78. The SMILES string of the molecule is CC(Cn1cccc(N)c1=O)C(N)=O. The molecule has 1 aromatic rings. The highest BCUT2D eigenvalue weighted by Crippen LogP contribution is 1.99. The quantitative estimate of drug-likeness (QED) is 0.684. The van der Waals surface area contributed by atoms with E-state index in [9.17, 15) is 9.59 Å². The van der Waals surface area contributed by atoms with Crippen LogP contribution in [0.25, 0.3) is 0 Å². The Morgan fingerprint density at radius 3 is 2.86 bits per heavy atom. The molecular formula is C9H13N3O2. The number of primary amides is 1. The average molecular weight is 195 g/mol. The van der Waals surface area contributed by atoms with E-state index in [1.807, 2.05) is 0 Å². The van der Waals surface area contributed by atoms with E-state index in [0.29, 0.717) is 0 Å². The van der Waals surface area contributed by atoms with Crippen LogP contribution in [0, 0.1) is 5.92 Å². The number of carbonyl (C=O) groups is 1. The van der Waals surface area contributed by atoms with E-state index in [1.54, 1.807) is 19.2 Å². The summed E-state index contributed by atoms with van der Waals surface area (Å²) in [6.45, 7) is 1.93. The third kappa shape index (κ3) is 2.12. The van der Waals surface area contributed by atoms with Crippen molar-refractivity contribution in [1.82, 2.24) is 4.57 Å². The number of anilines is 1. The lowest BCUT2D eigenvalue weighted by Gasteiger charge is -2.09. The van der Waals surface area contributed by atoms with Crippen LogP contribution in [0.2, 0.25) is 0 Å². The molecule has 1 aromatic heterocycles. The van der Waals surface area contributed by atoms with E-state index in [0.717, 1.165) is 0 Å². The molecule has 1 rings (SSSR count). The first-order valence-electron chi connectivity index (χ1n) is 4.26. The second-order valence-electron chi connectivity index (χ2n) is 3.22. The number of hydrogen-bond donors (Lipinski definition) is 2. The highest BCUT2D eigenvalue weighted by molar-refractivity contribution is 5.76. The van der Waals surface area contributed by atoms with Crippen LogP contribution in [-0.4, -0.2) is 10.5 Å². The average Bonchev–Trinajstić information content (AvgIpc) is 2.12. The van der Waals surface area contributed by atoms with Crippen LogP contribution < -0.4 is 17.0 Å². The van der Waals surface area contributed by atoms with Gasteiger partial charge in [0, 0.05) is 12.7 Å². The number of nitrogens with two attached hydrogens (primary N) is 2. The number of amides is 1. The summed E-state index contributed by atoms with van der Waals surface area (Å²) in [6.07, 6.45) is 1.58. The molecule has 4 N–H and O–H groups in total. The minimum absolute atomic E-state index is 0.171. The smallest absolute Gasteiger partial charge is 0.273 e. The molecule has 0 fully saturated rings. The summed E-state index contributed by atoms with van der Waals surface area (Å²) in [5, 5.41) is 0. The lowest BCUT2D eigenvalue weighted by molar-refractivity contribution is -0.121. The number of nitrogens with zero attached hydrogens (tertiary/aromatic N) is 1. The molecule has 5 heteroatoms. The van der Waals surface area contributed by atoms with Crippen LogP contribution in [-0.2, 0) is 11.3 Å². The maximum Gasteiger partial charge on any atom is 0.273 e. The molecule has 0 radical (unpaired) electrons. The van der Waals surface area contributed by atoms with Gasteiger partial charge in [-0.3, -0.25) is 9.59 Å². The summed E-state index contributed by atoms with van der Waals surface area (Å²) in [7, 11) is 0. The lowest BCUT2D eigenvalue weighted by Crippen LogP contribution is -2.30. The van der Waals surface area contributed by atoms with Crippen LogP contribution in [0.4, 0.5) is 5.69 Å². The van der Waals surface area contributed by atoms with Gasteiger partial charge in [-0.1, -0.05) is 6.92 Å². The molecule has 5 nitrogen and oxygen atoms in total. The molecule has 0 saturated heterocycles. The second kappa shape index (κ2) is 3.95. The first kappa shape index (κ1) is 10.3. The third-order valence-corrected chi connectivity index (χ3v) is 2.01. The highest BCUT2D eigenvalue weighted by Gasteiger charge is 2.10. The largest absolute Gasteiger partial charge is 0.394 e. The first-order valence-corrected chi connectivity index (χ1v) is 4.26. The predicted octanol–water partition coefficient (Wildman–Crippen LogP) is -0.448. The van der Waals surface area contributed by atoms with E-state index in [1.165, 1.54) is 10.6 Å². The fourth-order valence-corrected chi connectivity index (χ4v) is 1.08. The summed E-state index contributed by atoms with van der Waals surface area (Å²) in [6, 6.07) is 3.18. The Morgan fingerprint density at radius 1 is 1.64 bits per heavy atom. The Kier molecular flexibility index (Phi) is 2.91. The maximum absolute atomic E-state index is 11.4. The van der Waals surface area contributed by atoms with Gasteiger partial charge in [0.25, 0.3) is 5.56 Å². The molecule has 1 amide bonds. The summed E-state index contributed by atoms with van der Waals surface area (Å²) >= 11 is 0. The molecule has 1 atom stereocenters. The highest BCUT2D eigenvalue weighted by atomic mass is 16.1. The minimum atomic E-state index is -0.431. The Bertz CT molecular complexity index is 397. The zero-order valence-corrected chi connectivity index (χ0v) is 7.93. The van der Waals surface area contributed by atoms with Gasteiger partial charge in [0.15, 0.2) is 0 Å². The fourth-order valence-electron chi connectivity index (χ4n) is 1.08. The number of rotatable bonds is 3. The van der Waals surface area contributed by atoms with Crippen molar-refractivity contribution < 1.29 is 4.79 Å². The fraction of sp³-hybridized carbons (Fsp3) is 0.333. The van der Waals surface area contributed by atoms with Crippen molar-refractivity contribution in [2.24, 2.45) is 11.7 Å². The number of carbonyl (C=O) groups excluding carboxylic acids is 1. The van der Waals surface area contributed by atoms with E-state index in [-0.39, 0.29) is 23.7 Å². The monoisotopic (exact) mass is 195 g/mol. The van der Waals surface area contributed by atoms with Crippen molar-refractivity contribution >= 4 is 11.6 Å². The topological polar surface area (TPSA) is 91.1 Å². The summed E-state index contributed by atoms with van der Waals surface area (Å²) < 4.78 is 1.38. The zero-order valence-electron chi connectivity index (χ0n) is 7.93. The van der Waals surface area contributed by atoms with Crippen LogP contribution >= 0.6 is 0 Å². The molecule has 0 spiro atoms. The number of pyridine rings is 1. The predicted molar refractivity (Wildman–Crippen MR) is 53.5 cm³/mol. The van der Waals surface area contributed by atoms with Crippen LogP contribution in [0.1, 0.15) is 6.92 Å².